The summed E-state index contributed by atoms with van der Waals surface area (Å²) in [7, 11) is 0. The number of para-hydroxylation sites is 1. The van der Waals surface area contributed by atoms with Crippen LogP contribution in [0.4, 0.5) is 5.69 Å². The molecule has 0 radical (unpaired) electrons. The standard InChI is InChI=1S/C18H28N2O/c1-3-13-19-17-12-8-6-10-15(17)18(21)20-16-11-7-5-9-14(16)4-2/h6,8,10,12,14,16,19H,3-5,7,9,11,13H2,1-2H3,(H,20,21). The second kappa shape index (κ2) is 8.06. The molecule has 1 fully saturated rings. The van der Waals surface area contributed by atoms with Crippen LogP contribution >= 0.6 is 0 Å². The van der Waals surface area contributed by atoms with E-state index in [2.05, 4.69) is 24.5 Å². The van der Waals surface area contributed by atoms with E-state index in [0.29, 0.717) is 12.0 Å². The van der Waals surface area contributed by atoms with Crippen molar-refractivity contribution in [2.24, 2.45) is 5.92 Å². The van der Waals surface area contributed by atoms with Crippen LogP contribution in [-0.4, -0.2) is 18.5 Å². The van der Waals surface area contributed by atoms with Crippen LogP contribution in [0.2, 0.25) is 0 Å². The van der Waals surface area contributed by atoms with E-state index in [1.165, 1.54) is 19.3 Å². The van der Waals surface area contributed by atoms with Crippen LogP contribution in [0, 0.1) is 5.92 Å². The molecule has 0 spiro atoms. The zero-order valence-corrected chi connectivity index (χ0v) is 13.3. The van der Waals surface area contributed by atoms with Crippen LogP contribution < -0.4 is 10.6 Å². The van der Waals surface area contributed by atoms with E-state index in [0.717, 1.165) is 37.1 Å². The molecule has 0 heterocycles. The highest BCUT2D eigenvalue weighted by Gasteiger charge is 2.25. The fourth-order valence-electron chi connectivity index (χ4n) is 3.23. The van der Waals surface area contributed by atoms with Gasteiger partial charge in [-0.1, -0.05) is 45.2 Å². The summed E-state index contributed by atoms with van der Waals surface area (Å²) in [5.41, 5.74) is 1.71. The second-order valence-corrected chi connectivity index (χ2v) is 6.01. The normalized spacial score (nSPS) is 21.8. The fraction of sp³-hybridized carbons (Fsp3) is 0.611. The van der Waals surface area contributed by atoms with Gasteiger partial charge in [-0.05, 0) is 37.3 Å². The summed E-state index contributed by atoms with van der Waals surface area (Å²) in [5.74, 6) is 0.706. The van der Waals surface area contributed by atoms with Crippen molar-refractivity contribution in [3.05, 3.63) is 29.8 Å². The van der Waals surface area contributed by atoms with E-state index in [4.69, 9.17) is 0 Å². The summed E-state index contributed by atoms with van der Waals surface area (Å²) in [6.07, 6.45) is 7.11. The lowest BCUT2D eigenvalue weighted by Gasteiger charge is -2.31. The largest absolute Gasteiger partial charge is 0.384 e. The Kier molecular flexibility index (Phi) is 6.09. The van der Waals surface area contributed by atoms with Gasteiger partial charge in [-0.15, -0.1) is 0 Å². The lowest BCUT2D eigenvalue weighted by atomic mass is 9.83. The quantitative estimate of drug-likeness (QED) is 0.823. The summed E-state index contributed by atoms with van der Waals surface area (Å²) < 4.78 is 0. The predicted octanol–water partition coefficient (Wildman–Crippen LogP) is 4.21. The molecule has 0 bridgehead atoms. The summed E-state index contributed by atoms with van der Waals surface area (Å²) in [5, 5.41) is 6.62. The second-order valence-electron chi connectivity index (χ2n) is 6.01. The molecule has 3 heteroatoms. The molecule has 116 valence electrons. The van der Waals surface area contributed by atoms with Gasteiger partial charge >= 0.3 is 0 Å². The van der Waals surface area contributed by atoms with Gasteiger partial charge in [0.15, 0.2) is 0 Å². The molecule has 1 aliphatic rings. The van der Waals surface area contributed by atoms with E-state index in [1.807, 2.05) is 24.3 Å². The maximum absolute atomic E-state index is 12.6. The zero-order valence-electron chi connectivity index (χ0n) is 13.3. The average molecular weight is 288 g/mol. The number of anilines is 1. The fourth-order valence-corrected chi connectivity index (χ4v) is 3.23. The first-order chi connectivity index (χ1) is 10.3. The smallest absolute Gasteiger partial charge is 0.253 e. The number of hydrogen-bond acceptors (Lipinski definition) is 2. The summed E-state index contributed by atoms with van der Waals surface area (Å²) in [4.78, 5) is 12.6. The van der Waals surface area contributed by atoms with Crippen molar-refractivity contribution < 1.29 is 4.79 Å². The average Bonchev–Trinajstić information content (AvgIpc) is 2.53. The number of benzene rings is 1. The molecule has 1 saturated carbocycles. The van der Waals surface area contributed by atoms with Gasteiger partial charge in [0.05, 0.1) is 5.56 Å². The van der Waals surface area contributed by atoms with Gasteiger partial charge in [-0.2, -0.15) is 0 Å². The van der Waals surface area contributed by atoms with Crippen molar-refractivity contribution in [2.75, 3.05) is 11.9 Å². The SMILES string of the molecule is CCCNc1ccccc1C(=O)NC1CCCCC1CC. The van der Waals surface area contributed by atoms with Crippen LogP contribution in [0.1, 0.15) is 62.7 Å². The first kappa shape index (κ1) is 15.9. The summed E-state index contributed by atoms with van der Waals surface area (Å²) in [6.45, 7) is 5.25. The first-order valence-electron chi connectivity index (χ1n) is 8.40. The van der Waals surface area contributed by atoms with E-state index in [1.54, 1.807) is 0 Å². The van der Waals surface area contributed by atoms with Crippen LogP contribution in [0.15, 0.2) is 24.3 Å². The molecule has 3 nitrogen and oxygen atoms in total. The van der Waals surface area contributed by atoms with E-state index in [-0.39, 0.29) is 5.91 Å². The Bertz CT molecular complexity index is 458. The highest BCUT2D eigenvalue weighted by Crippen LogP contribution is 2.27. The van der Waals surface area contributed by atoms with Crippen LogP contribution in [0.3, 0.4) is 0 Å². The van der Waals surface area contributed by atoms with Crippen molar-refractivity contribution in [3.63, 3.8) is 0 Å². The molecule has 1 aromatic carbocycles. The Morgan fingerprint density at radius 1 is 1.19 bits per heavy atom. The van der Waals surface area contributed by atoms with Crippen molar-refractivity contribution >= 4 is 11.6 Å². The van der Waals surface area contributed by atoms with Gasteiger partial charge in [-0.25, -0.2) is 0 Å². The van der Waals surface area contributed by atoms with Gasteiger partial charge in [0.25, 0.3) is 5.91 Å². The third-order valence-electron chi connectivity index (χ3n) is 4.49. The minimum atomic E-state index is 0.0690. The monoisotopic (exact) mass is 288 g/mol. The predicted molar refractivity (Wildman–Crippen MR) is 88.7 cm³/mol. The zero-order chi connectivity index (χ0) is 15.1. The van der Waals surface area contributed by atoms with Gasteiger partial charge < -0.3 is 10.6 Å². The van der Waals surface area contributed by atoms with Gasteiger partial charge in [0, 0.05) is 18.3 Å². The molecule has 0 aliphatic heterocycles. The van der Waals surface area contributed by atoms with Crippen LogP contribution in [0.25, 0.3) is 0 Å². The van der Waals surface area contributed by atoms with Crippen molar-refractivity contribution in [3.8, 4) is 0 Å². The molecule has 21 heavy (non-hydrogen) atoms. The highest BCUT2D eigenvalue weighted by molar-refractivity contribution is 5.99. The molecule has 2 atom stereocenters. The Labute approximate surface area is 128 Å². The topological polar surface area (TPSA) is 41.1 Å². The lowest BCUT2D eigenvalue weighted by Crippen LogP contribution is -2.42. The third kappa shape index (κ3) is 4.23. The number of amides is 1. The maximum Gasteiger partial charge on any atom is 0.253 e. The molecule has 2 N–H and O–H groups in total. The Balaban J connectivity index is 2.05. The Morgan fingerprint density at radius 2 is 1.95 bits per heavy atom. The van der Waals surface area contributed by atoms with Crippen molar-refractivity contribution in [2.45, 2.75) is 58.4 Å². The number of nitrogens with one attached hydrogen (secondary N) is 2. The summed E-state index contributed by atoms with van der Waals surface area (Å²) in [6, 6.07) is 8.16. The number of carbonyl (C=O) groups is 1. The molecule has 1 amide bonds. The number of rotatable bonds is 6. The molecule has 0 saturated heterocycles. The first-order valence-corrected chi connectivity index (χ1v) is 8.40. The van der Waals surface area contributed by atoms with Gasteiger partial charge in [0.2, 0.25) is 0 Å². The third-order valence-corrected chi connectivity index (χ3v) is 4.49. The molecule has 0 aromatic heterocycles. The van der Waals surface area contributed by atoms with E-state index >= 15 is 0 Å². The molecule has 2 unspecified atom stereocenters. The van der Waals surface area contributed by atoms with Gasteiger partial charge in [-0.3, -0.25) is 4.79 Å². The lowest BCUT2D eigenvalue weighted by molar-refractivity contribution is 0.0905. The molecule has 1 aromatic rings. The van der Waals surface area contributed by atoms with E-state index in [9.17, 15) is 4.79 Å². The molecular formula is C18H28N2O. The van der Waals surface area contributed by atoms with Crippen molar-refractivity contribution in [1.29, 1.82) is 0 Å². The molecular weight excluding hydrogens is 260 g/mol. The highest BCUT2D eigenvalue weighted by atomic mass is 16.1. The Hall–Kier alpha value is -1.51. The molecule has 1 aliphatic carbocycles. The Morgan fingerprint density at radius 3 is 2.71 bits per heavy atom. The maximum atomic E-state index is 12.6. The number of hydrogen-bond donors (Lipinski definition) is 2. The van der Waals surface area contributed by atoms with Crippen molar-refractivity contribution in [1.82, 2.24) is 5.32 Å². The van der Waals surface area contributed by atoms with Crippen LogP contribution in [0.5, 0.6) is 0 Å². The molecule has 2 rings (SSSR count). The minimum Gasteiger partial charge on any atom is -0.384 e. The minimum absolute atomic E-state index is 0.0690. The van der Waals surface area contributed by atoms with Gasteiger partial charge in [0.1, 0.15) is 0 Å². The van der Waals surface area contributed by atoms with Crippen LogP contribution in [-0.2, 0) is 0 Å². The van der Waals surface area contributed by atoms with E-state index < -0.39 is 0 Å². The summed E-state index contributed by atoms with van der Waals surface area (Å²) >= 11 is 0. The number of carbonyl (C=O) groups excluding carboxylic acids is 1.